The molecular weight excluding hydrogens is 336 g/mol. The Morgan fingerprint density at radius 1 is 1.67 bits per heavy atom. The zero-order valence-electron chi connectivity index (χ0n) is 12.9. The van der Waals surface area contributed by atoms with Gasteiger partial charge in [-0.15, -0.1) is 11.8 Å². The van der Waals surface area contributed by atoms with Crippen LogP contribution in [-0.4, -0.2) is 69.5 Å². The van der Waals surface area contributed by atoms with Gasteiger partial charge in [0.05, 0.1) is 43.6 Å². The zero-order chi connectivity index (χ0) is 18.1. The van der Waals surface area contributed by atoms with Gasteiger partial charge < -0.3 is 21.1 Å². The Balaban J connectivity index is 2.48. The Morgan fingerprint density at radius 2 is 2.33 bits per heavy atom. The van der Waals surface area contributed by atoms with E-state index in [1.807, 2.05) is 6.07 Å². The van der Waals surface area contributed by atoms with Crippen molar-refractivity contribution in [2.24, 2.45) is 22.1 Å². The number of aliphatic hydroxyl groups is 2. The van der Waals surface area contributed by atoms with Crippen LogP contribution in [0.4, 0.5) is 0 Å². The number of aliphatic carboxylic acids is 1. The molecule has 0 radical (unpaired) electrons. The summed E-state index contributed by atoms with van der Waals surface area (Å²) in [5.74, 6) is -2.51. The fourth-order valence-corrected chi connectivity index (χ4v) is 4.41. The number of nitrogens with two attached hydrogens (primary N) is 1. The highest BCUT2D eigenvalue weighted by molar-refractivity contribution is 8.03. The van der Waals surface area contributed by atoms with Gasteiger partial charge in [-0.2, -0.15) is 5.26 Å². The quantitative estimate of drug-likeness (QED) is 0.190. The molecule has 0 aromatic carbocycles. The number of carboxylic acid groups (broad SMARTS) is 1. The van der Waals surface area contributed by atoms with Gasteiger partial charge in [0.1, 0.15) is 11.1 Å². The van der Waals surface area contributed by atoms with Crippen LogP contribution in [0, 0.1) is 22.7 Å². The predicted molar refractivity (Wildman–Crippen MR) is 85.6 cm³/mol. The maximum Gasteiger partial charge on any atom is 0.353 e. The van der Waals surface area contributed by atoms with Crippen LogP contribution in [0.15, 0.2) is 15.6 Å². The summed E-state index contributed by atoms with van der Waals surface area (Å²) in [4.78, 5) is 28.9. The first kappa shape index (κ1) is 18.3. The minimum absolute atomic E-state index is 0.119. The van der Waals surface area contributed by atoms with Crippen molar-refractivity contribution in [3.63, 3.8) is 0 Å². The molecule has 24 heavy (non-hydrogen) atoms. The van der Waals surface area contributed by atoms with Gasteiger partial charge in [0.2, 0.25) is 5.91 Å². The third-order valence-corrected chi connectivity index (χ3v) is 5.48. The summed E-state index contributed by atoms with van der Waals surface area (Å²) in [7, 11) is 0. The number of thioether (sulfide) groups is 1. The fraction of sp³-hybridized carbons (Fsp3) is 0.571. The Labute approximate surface area is 142 Å². The lowest BCUT2D eigenvalue weighted by atomic mass is 9.70. The van der Waals surface area contributed by atoms with E-state index in [1.165, 1.54) is 6.92 Å². The number of rotatable bonds is 7. The first-order chi connectivity index (χ1) is 11.4. The van der Waals surface area contributed by atoms with Crippen LogP contribution in [0.2, 0.25) is 0 Å². The van der Waals surface area contributed by atoms with Crippen molar-refractivity contribution in [1.82, 2.24) is 4.90 Å². The number of nitrogens with zero attached hydrogens (tertiary/aromatic N) is 3. The summed E-state index contributed by atoms with van der Waals surface area (Å²) >= 11 is 1.05. The Morgan fingerprint density at radius 3 is 2.79 bits per heavy atom. The third kappa shape index (κ3) is 2.45. The highest BCUT2D eigenvalue weighted by Crippen LogP contribution is 2.57. The molecule has 5 N–H and O–H groups in total. The molecule has 4 atom stereocenters. The molecule has 1 fully saturated rings. The number of carbonyl (C=O) groups is 2. The SMILES string of the molecule is CC(O)C1C(=O)N2C(C(=O)O)=C(SCCN=CN)C(C#N)(CO)C12. The van der Waals surface area contributed by atoms with Crippen molar-refractivity contribution in [2.45, 2.75) is 19.1 Å². The molecule has 0 spiro atoms. The van der Waals surface area contributed by atoms with Crippen molar-refractivity contribution >= 4 is 30.0 Å². The van der Waals surface area contributed by atoms with E-state index in [-0.39, 0.29) is 10.6 Å². The standard InChI is InChI=1S/C14H18N4O5S/c1-7(20)8-10-14(4-15,5-19)11(24-3-2-17-6-16)9(13(22)23)18(10)12(8)21/h6-8,10,19-20H,2-3,5H2,1H3,(H2,16,17)(H,22,23). The van der Waals surface area contributed by atoms with Crippen molar-refractivity contribution in [2.75, 3.05) is 18.9 Å². The lowest BCUT2D eigenvalue weighted by Gasteiger charge is -2.48. The van der Waals surface area contributed by atoms with Crippen LogP contribution < -0.4 is 5.73 Å². The molecule has 0 aromatic heterocycles. The van der Waals surface area contributed by atoms with Crippen molar-refractivity contribution < 1.29 is 24.9 Å². The van der Waals surface area contributed by atoms with Gasteiger partial charge in [-0.3, -0.25) is 14.7 Å². The lowest BCUT2D eigenvalue weighted by molar-refractivity contribution is -0.166. The second kappa shape index (κ2) is 6.80. The van der Waals surface area contributed by atoms with Crippen molar-refractivity contribution in [3.8, 4) is 6.07 Å². The number of aliphatic hydroxyl groups excluding tert-OH is 2. The highest BCUT2D eigenvalue weighted by atomic mass is 32.2. The molecule has 0 aromatic rings. The molecule has 2 heterocycles. The second-order valence-electron chi connectivity index (χ2n) is 5.55. The highest BCUT2D eigenvalue weighted by Gasteiger charge is 2.68. The average Bonchev–Trinajstić information content (AvgIpc) is 2.78. The van der Waals surface area contributed by atoms with Crippen molar-refractivity contribution in [1.29, 1.82) is 5.26 Å². The van der Waals surface area contributed by atoms with E-state index in [1.54, 1.807) is 0 Å². The minimum atomic E-state index is -1.57. The number of fused-ring (bicyclic) bond motifs is 1. The molecule has 2 rings (SSSR count). The van der Waals surface area contributed by atoms with Gasteiger partial charge >= 0.3 is 5.97 Å². The first-order valence-corrected chi connectivity index (χ1v) is 8.20. The van der Waals surface area contributed by atoms with Crippen LogP contribution in [0.3, 0.4) is 0 Å². The van der Waals surface area contributed by atoms with Gasteiger partial charge in [0.25, 0.3) is 0 Å². The molecule has 2 aliphatic rings. The van der Waals surface area contributed by atoms with Crippen LogP contribution >= 0.6 is 11.8 Å². The van der Waals surface area contributed by atoms with Crippen LogP contribution in [0.1, 0.15) is 6.92 Å². The topological polar surface area (TPSA) is 160 Å². The average molecular weight is 354 g/mol. The zero-order valence-corrected chi connectivity index (χ0v) is 13.7. The summed E-state index contributed by atoms with van der Waals surface area (Å²) < 4.78 is 0. The molecule has 9 nitrogen and oxygen atoms in total. The summed E-state index contributed by atoms with van der Waals surface area (Å²) in [6, 6.07) is 1.08. The molecule has 0 saturated carbocycles. The number of amides is 1. The number of carbonyl (C=O) groups excluding carboxylic acids is 1. The van der Waals surface area contributed by atoms with E-state index in [0.29, 0.717) is 12.3 Å². The maximum atomic E-state index is 12.3. The smallest absolute Gasteiger partial charge is 0.353 e. The number of β-lactam (4-membered cyclic amide) rings is 1. The summed E-state index contributed by atoms with van der Waals surface area (Å²) in [6.45, 7) is 1.05. The molecule has 10 heteroatoms. The number of carboxylic acids is 1. The number of nitriles is 1. The first-order valence-electron chi connectivity index (χ1n) is 7.21. The summed E-state index contributed by atoms with van der Waals surface area (Å²) in [5.41, 5.74) is 3.27. The summed E-state index contributed by atoms with van der Waals surface area (Å²) in [5, 5.41) is 38.9. The van der Waals surface area contributed by atoms with Crippen LogP contribution in [0.25, 0.3) is 0 Å². The van der Waals surface area contributed by atoms with E-state index in [2.05, 4.69) is 4.99 Å². The monoisotopic (exact) mass is 354 g/mol. The van der Waals surface area contributed by atoms with E-state index < -0.39 is 42.0 Å². The molecule has 0 aliphatic carbocycles. The van der Waals surface area contributed by atoms with Crippen LogP contribution in [-0.2, 0) is 9.59 Å². The van der Waals surface area contributed by atoms with Crippen LogP contribution in [0.5, 0.6) is 0 Å². The number of aliphatic imine (C=N–C) groups is 1. The molecule has 1 saturated heterocycles. The lowest BCUT2D eigenvalue weighted by Crippen LogP contribution is -2.67. The predicted octanol–water partition coefficient (Wildman–Crippen LogP) is -1.27. The molecule has 130 valence electrons. The third-order valence-electron chi connectivity index (χ3n) is 4.25. The Hall–Kier alpha value is -2.09. The van der Waals surface area contributed by atoms with E-state index in [4.69, 9.17) is 5.73 Å². The van der Waals surface area contributed by atoms with Gasteiger partial charge in [-0.1, -0.05) is 0 Å². The van der Waals surface area contributed by atoms with E-state index in [9.17, 15) is 30.2 Å². The van der Waals surface area contributed by atoms with Gasteiger partial charge in [0.15, 0.2) is 0 Å². The normalized spacial score (nSPS) is 30.2. The summed E-state index contributed by atoms with van der Waals surface area (Å²) in [6.07, 6.45) is 0.0603. The largest absolute Gasteiger partial charge is 0.477 e. The van der Waals surface area contributed by atoms with Gasteiger partial charge in [-0.25, -0.2) is 4.79 Å². The molecule has 0 bridgehead atoms. The Kier molecular flexibility index (Phi) is 5.17. The Bertz CT molecular complexity index is 656. The van der Waals surface area contributed by atoms with E-state index in [0.717, 1.165) is 23.0 Å². The fourth-order valence-electron chi connectivity index (χ4n) is 3.20. The number of hydrogen-bond donors (Lipinski definition) is 4. The molecule has 1 amide bonds. The minimum Gasteiger partial charge on any atom is -0.477 e. The number of hydrogen-bond acceptors (Lipinski definition) is 7. The van der Waals surface area contributed by atoms with Crippen molar-refractivity contribution in [3.05, 3.63) is 10.6 Å². The maximum absolute atomic E-state index is 12.3. The second-order valence-corrected chi connectivity index (χ2v) is 6.65. The van der Waals surface area contributed by atoms with E-state index >= 15 is 0 Å². The van der Waals surface area contributed by atoms with Gasteiger partial charge in [-0.05, 0) is 6.92 Å². The molecule has 2 aliphatic heterocycles. The van der Waals surface area contributed by atoms with Gasteiger partial charge in [0, 0.05) is 10.7 Å². The molecule has 4 unspecified atom stereocenters. The molecular formula is C14H18N4O5S.